The molecule has 0 bridgehead atoms. The van der Waals surface area contributed by atoms with Crippen LogP contribution in [-0.2, 0) is 16.6 Å². The number of ether oxygens (including phenoxy) is 2. The number of halogens is 1. The standard InChI is InChI=1S/C20H19ClN2O4S/c1-26-19-10-9-18(12-20(19)27-2)28(24,25)23(14-15-4-3-11-22-13-15)17-7-5-16(21)6-8-17/h3-13H,14H2,1-2H3. The molecule has 0 spiro atoms. The van der Waals surface area contributed by atoms with Crippen LogP contribution in [0.1, 0.15) is 5.56 Å². The molecule has 2 aromatic carbocycles. The van der Waals surface area contributed by atoms with E-state index in [0.717, 1.165) is 5.56 Å². The van der Waals surface area contributed by atoms with Crippen molar-refractivity contribution in [3.63, 3.8) is 0 Å². The maximum atomic E-state index is 13.5. The Morgan fingerprint density at radius 2 is 1.71 bits per heavy atom. The lowest BCUT2D eigenvalue weighted by molar-refractivity contribution is 0.354. The Labute approximate surface area is 169 Å². The molecule has 0 saturated heterocycles. The molecule has 3 rings (SSSR count). The molecular weight excluding hydrogens is 400 g/mol. The first-order valence-electron chi connectivity index (χ1n) is 8.35. The predicted molar refractivity (Wildman–Crippen MR) is 109 cm³/mol. The summed E-state index contributed by atoms with van der Waals surface area (Å²) in [6.07, 6.45) is 3.27. The van der Waals surface area contributed by atoms with Crippen molar-refractivity contribution < 1.29 is 17.9 Å². The SMILES string of the molecule is COc1ccc(S(=O)(=O)N(Cc2cccnc2)c2ccc(Cl)cc2)cc1OC. The summed E-state index contributed by atoms with van der Waals surface area (Å²) in [6, 6.07) is 14.7. The number of methoxy groups -OCH3 is 2. The fraction of sp³-hybridized carbons (Fsp3) is 0.150. The van der Waals surface area contributed by atoms with Gasteiger partial charge in [-0.2, -0.15) is 0 Å². The molecule has 0 radical (unpaired) electrons. The van der Waals surface area contributed by atoms with Gasteiger partial charge in [-0.25, -0.2) is 8.42 Å². The van der Waals surface area contributed by atoms with E-state index in [-0.39, 0.29) is 11.4 Å². The summed E-state index contributed by atoms with van der Waals surface area (Å²) < 4.78 is 38.7. The minimum Gasteiger partial charge on any atom is -0.493 e. The van der Waals surface area contributed by atoms with Crippen molar-refractivity contribution in [1.82, 2.24) is 4.98 Å². The van der Waals surface area contributed by atoms with E-state index in [4.69, 9.17) is 21.1 Å². The zero-order valence-corrected chi connectivity index (χ0v) is 16.9. The molecule has 3 aromatic rings. The third-order valence-corrected chi connectivity index (χ3v) is 6.13. The van der Waals surface area contributed by atoms with Crippen LogP contribution < -0.4 is 13.8 Å². The van der Waals surface area contributed by atoms with E-state index in [2.05, 4.69) is 4.98 Å². The minimum absolute atomic E-state index is 0.0870. The zero-order chi connectivity index (χ0) is 20.1. The Morgan fingerprint density at radius 3 is 2.32 bits per heavy atom. The molecule has 0 atom stereocenters. The van der Waals surface area contributed by atoms with Crippen LogP contribution in [0.3, 0.4) is 0 Å². The number of aromatic nitrogens is 1. The van der Waals surface area contributed by atoms with Gasteiger partial charge >= 0.3 is 0 Å². The summed E-state index contributed by atoms with van der Waals surface area (Å²) >= 11 is 5.97. The lowest BCUT2D eigenvalue weighted by Crippen LogP contribution is -2.30. The molecule has 0 amide bonds. The molecule has 1 heterocycles. The number of benzene rings is 2. The average Bonchev–Trinajstić information content (AvgIpc) is 2.73. The van der Waals surface area contributed by atoms with E-state index in [1.165, 1.54) is 30.7 Å². The monoisotopic (exact) mass is 418 g/mol. The first-order valence-corrected chi connectivity index (χ1v) is 10.2. The van der Waals surface area contributed by atoms with Crippen LogP contribution in [0.5, 0.6) is 11.5 Å². The third kappa shape index (κ3) is 4.21. The number of sulfonamides is 1. The molecule has 146 valence electrons. The number of anilines is 1. The predicted octanol–water partition coefficient (Wildman–Crippen LogP) is 4.15. The number of nitrogens with zero attached hydrogens (tertiary/aromatic N) is 2. The van der Waals surface area contributed by atoms with E-state index in [0.29, 0.717) is 22.2 Å². The summed E-state index contributed by atoms with van der Waals surface area (Å²) in [6.45, 7) is 0.117. The van der Waals surface area contributed by atoms with E-state index < -0.39 is 10.0 Å². The van der Waals surface area contributed by atoms with Gasteiger partial charge in [0.25, 0.3) is 10.0 Å². The molecule has 0 aliphatic heterocycles. The van der Waals surface area contributed by atoms with Crippen molar-refractivity contribution >= 4 is 27.3 Å². The van der Waals surface area contributed by atoms with Crippen molar-refractivity contribution in [2.75, 3.05) is 18.5 Å². The molecule has 6 nitrogen and oxygen atoms in total. The molecule has 0 aliphatic carbocycles. The lowest BCUT2D eigenvalue weighted by atomic mass is 10.2. The Balaban J connectivity index is 2.09. The normalized spacial score (nSPS) is 11.1. The Hall–Kier alpha value is -2.77. The molecule has 0 N–H and O–H groups in total. The van der Waals surface area contributed by atoms with Gasteiger partial charge in [-0.15, -0.1) is 0 Å². The largest absolute Gasteiger partial charge is 0.493 e. The van der Waals surface area contributed by atoms with Gasteiger partial charge in [0.15, 0.2) is 11.5 Å². The molecule has 28 heavy (non-hydrogen) atoms. The van der Waals surface area contributed by atoms with Crippen LogP contribution >= 0.6 is 11.6 Å². The molecule has 8 heteroatoms. The summed E-state index contributed by atoms with van der Waals surface area (Å²) in [5.41, 5.74) is 1.24. The van der Waals surface area contributed by atoms with Gasteiger partial charge in [0.2, 0.25) is 0 Å². The number of rotatable bonds is 7. The second kappa shape index (κ2) is 8.50. The highest BCUT2D eigenvalue weighted by Crippen LogP contribution is 2.33. The van der Waals surface area contributed by atoms with E-state index in [1.807, 2.05) is 6.07 Å². The van der Waals surface area contributed by atoms with E-state index >= 15 is 0 Å². The van der Waals surface area contributed by atoms with E-state index in [1.54, 1.807) is 48.8 Å². The Morgan fingerprint density at radius 1 is 1.00 bits per heavy atom. The zero-order valence-electron chi connectivity index (χ0n) is 15.4. The molecular formula is C20H19ClN2O4S. The highest BCUT2D eigenvalue weighted by molar-refractivity contribution is 7.92. The Kier molecular flexibility index (Phi) is 6.06. The van der Waals surface area contributed by atoms with Crippen molar-refractivity contribution in [3.8, 4) is 11.5 Å². The van der Waals surface area contributed by atoms with Gasteiger partial charge in [0.05, 0.1) is 31.3 Å². The van der Waals surface area contributed by atoms with Gasteiger partial charge in [-0.05, 0) is 48.0 Å². The van der Waals surface area contributed by atoms with Crippen LogP contribution in [0.2, 0.25) is 5.02 Å². The molecule has 0 fully saturated rings. The number of hydrogen-bond donors (Lipinski definition) is 0. The maximum absolute atomic E-state index is 13.5. The molecule has 0 aliphatic rings. The van der Waals surface area contributed by atoms with Crippen LogP contribution in [-0.4, -0.2) is 27.6 Å². The van der Waals surface area contributed by atoms with Gasteiger partial charge in [-0.3, -0.25) is 9.29 Å². The summed E-state index contributed by atoms with van der Waals surface area (Å²) in [7, 11) is -0.942. The molecule has 1 aromatic heterocycles. The van der Waals surface area contributed by atoms with Crippen LogP contribution in [0, 0.1) is 0 Å². The van der Waals surface area contributed by atoms with Gasteiger partial charge in [0, 0.05) is 23.5 Å². The van der Waals surface area contributed by atoms with Crippen LogP contribution in [0.25, 0.3) is 0 Å². The topological polar surface area (TPSA) is 68.7 Å². The van der Waals surface area contributed by atoms with Crippen molar-refractivity contribution in [2.24, 2.45) is 0 Å². The third-order valence-electron chi connectivity index (χ3n) is 4.11. The fourth-order valence-electron chi connectivity index (χ4n) is 2.68. The van der Waals surface area contributed by atoms with Crippen molar-refractivity contribution in [3.05, 3.63) is 77.6 Å². The number of pyridine rings is 1. The highest BCUT2D eigenvalue weighted by atomic mass is 35.5. The van der Waals surface area contributed by atoms with Crippen molar-refractivity contribution in [1.29, 1.82) is 0 Å². The first-order chi connectivity index (χ1) is 13.5. The van der Waals surface area contributed by atoms with Crippen LogP contribution in [0.4, 0.5) is 5.69 Å². The maximum Gasteiger partial charge on any atom is 0.264 e. The molecule has 0 unspecified atom stereocenters. The van der Waals surface area contributed by atoms with Crippen LogP contribution in [0.15, 0.2) is 71.9 Å². The summed E-state index contributed by atoms with van der Waals surface area (Å²) in [5.74, 6) is 0.785. The fourth-order valence-corrected chi connectivity index (χ4v) is 4.28. The van der Waals surface area contributed by atoms with Gasteiger partial charge in [-0.1, -0.05) is 17.7 Å². The Bertz CT molecular complexity index is 1040. The second-order valence-corrected chi connectivity index (χ2v) is 8.16. The lowest BCUT2D eigenvalue weighted by Gasteiger charge is -2.25. The van der Waals surface area contributed by atoms with Crippen molar-refractivity contribution in [2.45, 2.75) is 11.4 Å². The summed E-state index contributed by atoms with van der Waals surface area (Å²) in [5, 5.41) is 0.522. The average molecular weight is 419 g/mol. The van der Waals surface area contributed by atoms with Gasteiger partial charge in [0.1, 0.15) is 0 Å². The summed E-state index contributed by atoms with van der Waals surface area (Å²) in [4.78, 5) is 4.16. The number of hydrogen-bond acceptors (Lipinski definition) is 5. The minimum atomic E-state index is -3.90. The quantitative estimate of drug-likeness (QED) is 0.576. The molecule has 0 saturated carbocycles. The van der Waals surface area contributed by atoms with E-state index in [9.17, 15) is 8.42 Å². The first kappa shape index (κ1) is 20.0. The van der Waals surface area contributed by atoms with Gasteiger partial charge < -0.3 is 9.47 Å². The smallest absolute Gasteiger partial charge is 0.264 e. The highest BCUT2D eigenvalue weighted by Gasteiger charge is 2.26. The second-order valence-electron chi connectivity index (χ2n) is 5.87.